The van der Waals surface area contributed by atoms with Crippen molar-refractivity contribution in [1.29, 1.82) is 0 Å². The second-order valence-electron chi connectivity index (χ2n) is 4.92. The Balaban J connectivity index is 2.07. The van der Waals surface area contributed by atoms with E-state index in [4.69, 9.17) is 10.8 Å². The molecule has 0 radical (unpaired) electrons. The zero-order chi connectivity index (χ0) is 11.8. The first kappa shape index (κ1) is 11.4. The molecule has 0 bridgehead atoms. The van der Waals surface area contributed by atoms with E-state index in [1.807, 2.05) is 0 Å². The summed E-state index contributed by atoms with van der Waals surface area (Å²) in [5.41, 5.74) is 5.27. The van der Waals surface area contributed by atoms with Crippen LogP contribution in [0.1, 0.15) is 38.5 Å². The highest BCUT2D eigenvalue weighted by atomic mass is 16.4. The predicted octanol–water partition coefficient (Wildman–Crippen LogP) is 0.333. The Morgan fingerprint density at radius 2 is 1.88 bits per heavy atom. The molecule has 1 amide bonds. The van der Waals surface area contributed by atoms with Gasteiger partial charge in [-0.25, -0.2) is 0 Å². The Labute approximate surface area is 94.6 Å². The third-order valence-corrected chi connectivity index (χ3v) is 3.48. The number of aliphatic carboxylic acids is 1. The van der Waals surface area contributed by atoms with Crippen LogP contribution in [0.2, 0.25) is 0 Å². The molecule has 90 valence electrons. The monoisotopic (exact) mass is 226 g/mol. The van der Waals surface area contributed by atoms with Crippen molar-refractivity contribution < 1.29 is 14.7 Å². The van der Waals surface area contributed by atoms with Crippen molar-refractivity contribution >= 4 is 11.9 Å². The molecule has 2 rings (SSSR count). The fraction of sp³-hybridized carbons (Fsp3) is 0.818. The average Bonchev–Trinajstić information content (AvgIpc) is 2.97. The highest BCUT2D eigenvalue weighted by Crippen LogP contribution is 2.33. The van der Waals surface area contributed by atoms with Crippen LogP contribution in [-0.4, -0.2) is 40.0 Å². The summed E-state index contributed by atoms with van der Waals surface area (Å²) >= 11 is 0. The first-order valence-corrected chi connectivity index (χ1v) is 5.85. The van der Waals surface area contributed by atoms with Crippen molar-refractivity contribution in [3.8, 4) is 0 Å². The summed E-state index contributed by atoms with van der Waals surface area (Å²) in [6.07, 6.45) is 5.13. The van der Waals surface area contributed by atoms with E-state index in [1.54, 1.807) is 0 Å². The third kappa shape index (κ3) is 2.19. The van der Waals surface area contributed by atoms with Crippen molar-refractivity contribution in [3.63, 3.8) is 0 Å². The van der Waals surface area contributed by atoms with E-state index >= 15 is 0 Å². The van der Waals surface area contributed by atoms with Gasteiger partial charge in [0.05, 0.1) is 5.54 Å². The molecule has 2 aliphatic rings. The lowest BCUT2D eigenvalue weighted by molar-refractivity contribution is -0.147. The lowest BCUT2D eigenvalue weighted by Gasteiger charge is -2.30. The van der Waals surface area contributed by atoms with Crippen LogP contribution in [0.3, 0.4) is 0 Å². The van der Waals surface area contributed by atoms with Crippen LogP contribution in [0.5, 0.6) is 0 Å². The number of nitrogens with zero attached hydrogens (tertiary/aromatic N) is 1. The maximum Gasteiger partial charge on any atom is 0.323 e. The molecule has 0 atom stereocenters. The Morgan fingerprint density at radius 3 is 2.31 bits per heavy atom. The molecule has 0 heterocycles. The van der Waals surface area contributed by atoms with Crippen LogP contribution in [0.15, 0.2) is 0 Å². The van der Waals surface area contributed by atoms with Gasteiger partial charge in [0.25, 0.3) is 0 Å². The standard InChI is InChI=1S/C11H18N2O3/c12-11(5-1-2-6-11)10(16)13(7-9(14)15)8-3-4-8/h8H,1-7,12H2,(H,14,15). The van der Waals surface area contributed by atoms with Gasteiger partial charge in [0.15, 0.2) is 0 Å². The Morgan fingerprint density at radius 1 is 1.31 bits per heavy atom. The minimum Gasteiger partial charge on any atom is -0.480 e. The van der Waals surface area contributed by atoms with Crippen LogP contribution >= 0.6 is 0 Å². The molecule has 2 saturated carbocycles. The second kappa shape index (κ2) is 4.05. The summed E-state index contributed by atoms with van der Waals surface area (Å²) in [4.78, 5) is 24.4. The quantitative estimate of drug-likeness (QED) is 0.723. The SMILES string of the molecule is NC1(C(=O)N(CC(=O)O)C2CC2)CCCC1. The molecule has 3 N–H and O–H groups in total. The van der Waals surface area contributed by atoms with Crippen LogP contribution in [0.25, 0.3) is 0 Å². The van der Waals surface area contributed by atoms with Gasteiger partial charge in [-0.1, -0.05) is 12.8 Å². The van der Waals surface area contributed by atoms with Crippen LogP contribution < -0.4 is 5.73 Å². The molecule has 0 aliphatic heterocycles. The average molecular weight is 226 g/mol. The number of carboxylic acid groups (broad SMARTS) is 1. The molecule has 2 aliphatic carbocycles. The van der Waals surface area contributed by atoms with Crippen LogP contribution in [-0.2, 0) is 9.59 Å². The second-order valence-corrected chi connectivity index (χ2v) is 4.92. The summed E-state index contributed by atoms with van der Waals surface area (Å²) in [6.45, 7) is -0.206. The number of carbonyl (C=O) groups is 2. The van der Waals surface area contributed by atoms with Crippen LogP contribution in [0.4, 0.5) is 0 Å². The van der Waals surface area contributed by atoms with E-state index in [9.17, 15) is 9.59 Å². The minimum absolute atomic E-state index is 0.115. The molecule has 0 spiro atoms. The number of nitrogens with two attached hydrogens (primary N) is 1. The normalized spacial score (nSPS) is 23.1. The summed E-state index contributed by atoms with van der Waals surface area (Å²) in [5.74, 6) is -1.11. The molecule has 5 heteroatoms. The minimum atomic E-state index is -0.957. The van der Waals surface area contributed by atoms with E-state index in [0.29, 0.717) is 12.8 Å². The molecule has 5 nitrogen and oxygen atoms in total. The molecule has 0 aromatic heterocycles. The summed E-state index contributed by atoms with van der Waals surface area (Å²) in [5, 5.41) is 8.80. The highest BCUT2D eigenvalue weighted by molar-refractivity contribution is 5.89. The smallest absolute Gasteiger partial charge is 0.323 e. The maximum absolute atomic E-state index is 12.2. The summed E-state index contributed by atoms with van der Waals surface area (Å²) in [7, 11) is 0. The van der Waals surface area contributed by atoms with Crippen molar-refractivity contribution in [3.05, 3.63) is 0 Å². The summed E-state index contributed by atoms with van der Waals surface area (Å²) < 4.78 is 0. The number of carbonyl (C=O) groups excluding carboxylic acids is 1. The lowest BCUT2D eigenvalue weighted by Crippen LogP contribution is -2.55. The lowest BCUT2D eigenvalue weighted by atomic mass is 9.97. The zero-order valence-electron chi connectivity index (χ0n) is 9.32. The Bertz CT molecular complexity index is 306. The zero-order valence-corrected chi connectivity index (χ0v) is 9.32. The Kier molecular flexibility index (Phi) is 2.88. The fourth-order valence-corrected chi connectivity index (χ4v) is 2.40. The molecular weight excluding hydrogens is 208 g/mol. The van der Waals surface area contributed by atoms with E-state index in [-0.39, 0.29) is 18.5 Å². The molecule has 0 aromatic carbocycles. The van der Waals surface area contributed by atoms with Gasteiger partial charge in [0, 0.05) is 6.04 Å². The van der Waals surface area contributed by atoms with Gasteiger partial charge in [-0.3, -0.25) is 9.59 Å². The number of hydrogen-bond acceptors (Lipinski definition) is 3. The topological polar surface area (TPSA) is 83.6 Å². The van der Waals surface area contributed by atoms with Crippen molar-refractivity contribution in [2.24, 2.45) is 5.73 Å². The first-order valence-electron chi connectivity index (χ1n) is 5.85. The Hall–Kier alpha value is -1.10. The van der Waals surface area contributed by atoms with Gasteiger partial charge in [-0.15, -0.1) is 0 Å². The molecule has 2 fully saturated rings. The maximum atomic E-state index is 12.2. The highest BCUT2D eigenvalue weighted by Gasteiger charge is 2.44. The summed E-state index contributed by atoms with van der Waals surface area (Å²) in [6, 6.07) is 0.115. The fourth-order valence-electron chi connectivity index (χ4n) is 2.40. The van der Waals surface area contributed by atoms with E-state index in [0.717, 1.165) is 25.7 Å². The molecule has 16 heavy (non-hydrogen) atoms. The molecular formula is C11H18N2O3. The van der Waals surface area contributed by atoms with E-state index in [1.165, 1.54) is 4.90 Å². The number of amides is 1. The first-order chi connectivity index (χ1) is 7.53. The molecule has 0 saturated heterocycles. The van der Waals surface area contributed by atoms with Gasteiger partial charge in [-0.2, -0.15) is 0 Å². The van der Waals surface area contributed by atoms with E-state index in [2.05, 4.69) is 0 Å². The predicted molar refractivity (Wildman–Crippen MR) is 57.8 cm³/mol. The van der Waals surface area contributed by atoms with Gasteiger partial charge in [0.2, 0.25) is 5.91 Å². The van der Waals surface area contributed by atoms with Crippen molar-refractivity contribution in [2.75, 3.05) is 6.54 Å². The largest absolute Gasteiger partial charge is 0.480 e. The van der Waals surface area contributed by atoms with Gasteiger partial charge in [-0.05, 0) is 25.7 Å². The van der Waals surface area contributed by atoms with Gasteiger partial charge in [0.1, 0.15) is 6.54 Å². The number of hydrogen-bond donors (Lipinski definition) is 2. The number of rotatable bonds is 4. The molecule has 0 unspecified atom stereocenters. The van der Waals surface area contributed by atoms with Crippen molar-refractivity contribution in [2.45, 2.75) is 50.1 Å². The van der Waals surface area contributed by atoms with E-state index < -0.39 is 11.5 Å². The van der Waals surface area contributed by atoms with Gasteiger partial charge >= 0.3 is 5.97 Å². The number of carboxylic acids is 1. The van der Waals surface area contributed by atoms with Gasteiger partial charge < -0.3 is 15.7 Å². The molecule has 0 aromatic rings. The van der Waals surface area contributed by atoms with Crippen LogP contribution in [0, 0.1) is 0 Å². The van der Waals surface area contributed by atoms with Crippen molar-refractivity contribution in [1.82, 2.24) is 4.90 Å². The third-order valence-electron chi connectivity index (χ3n) is 3.48.